The largest absolute Gasteiger partial charge is 0.492 e. The Morgan fingerprint density at radius 3 is 2.61 bits per heavy atom. The zero-order valence-electron chi connectivity index (χ0n) is 16.9. The minimum Gasteiger partial charge on any atom is -0.492 e. The third-order valence-electron chi connectivity index (χ3n) is 4.73. The molecule has 1 amide bonds. The number of ketones is 1. The molecule has 0 spiro atoms. The number of amides is 1. The van der Waals surface area contributed by atoms with E-state index in [-0.39, 0.29) is 38.5 Å². The second-order valence-corrected chi connectivity index (χ2v) is 7.08. The maximum absolute atomic E-state index is 12.9. The Kier molecular flexibility index (Phi) is 7.17. The number of methoxy groups -OCH3 is 1. The van der Waals surface area contributed by atoms with Crippen molar-refractivity contribution < 1.29 is 37.0 Å². The van der Waals surface area contributed by atoms with Gasteiger partial charge in [-0.05, 0) is 35.4 Å². The lowest BCUT2D eigenvalue weighted by Gasteiger charge is -2.14. The number of benzene rings is 2. The standard InChI is InChI=1S/C22H22F3NO5/c1-29-14-18(27)11-15-5-7-19(8-6-15)30-10-9-26-13-20(31-21(26)28)16-3-2-4-17(12-16)22(23,24)25/h2-8,12,20H,9-11,13-14H2,1H3. The van der Waals surface area contributed by atoms with Crippen molar-refractivity contribution in [2.24, 2.45) is 0 Å². The van der Waals surface area contributed by atoms with Gasteiger partial charge in [-0.25, -0.2) is 4.79 Å². The fourth-order valence-corrected chi connectivity index (χ4v) is 3.20. The molecule has 0 saturated carbocycles. The number of carbonyl (C=O) groups is 2. The topological polar surface area (TPSA) is 65.1 Å². The van der Waals surface area contributed by atoms with Crippen LogP contribution in [0.15, 0.2) is 48.5 Å². The van der Waals surface area contributed by atoms with E-state index in [0.717, 1.165) is 17.7 Å². The molecule has 3 rings (SSSR count). The number of ether oxygens (including phenoxy) is 3. The van der Waals surface area contributed by atoms with Crippen LogP contribution in [0.4, 0.5) is 18.0 Å². The molecule has 2 aromatic carbocycles. The van der Waals surface area contributed by atoms with Crippen molar-refractivity contribution in [2.75, 3.05) is 33.4 Å². The lowest BCUT2D eigenvalue weighted by atomic mass is 10.1. The van der Waals surface area contributed by atoms with Crippen LogP contribution in [-0.4, -0.2) is 50.2 Å². The molecule has 1 heterocycles. The molecular weight excluding hydrogens is 415 g/mol. The van der Waals surface area contributed by atoms with E-state index in [1.54, 1.807) is 24.3 Å². The minimum absolute atomic E-state index is 0.0287. The van der Waals surface area contributed by atoms with Crippen LogP contribution in [-0.2, 0) is 26.9 Å². The summed E-state index contributed by atoms with van der Waals surface area (Å²) in [6, 6.07) is 11.8. The van der Waals surface area contributed by atoms with Gasteiger partial charge >= 0.3 is 12.3 Å². The first-order valence-electron chi connectivity index (χ1n) is 9.61. The summed E-state index contributed by atoms with van der Waals surface area (Å²) in [4.78, 5) is 25.0. The second-order valence-electron chi connectivity index (χ2n) is 7.08. The summed E-state index contributed by atoms with van der Waals surface area (Å²) in [5.41, 5.74) is 0.349. The smallest absolute Gasteiger partial charge is 0.416 e. The number of halogens is 3. The van der Waals surface area contributed by atoms with Crippen molar-refractivity contribution in [3.63, 3.8) is 0 Å². The molecule has 0 N–H and O–H groups in total. The Balaban J connectivity index is 1.49. The van der Waals surface area contributed by atoms with Crippen molar-refractivity contribution >= 4 is 11.9 Å². The van der Waals surface area contributed by atoms with E-state index < -0.39 is 23.9 Å². The van der Waals surface area contributed by atoms with Gasteiger partial charge in [-0.15, -0.1) is 0 Å². The van der Waals surface area contributed by atoms with Crippen LogP contribution in [0, 0.1) is 0 Å². The zero-order valence-corrected chi connectivity index (χ0v) is 16.9. The third-order valence-corrected chi connectivity index (χ3v) is 4.73. The van der Waals surface area contributed by atoms with E-state index in [2.05, 4.69) is 0 Å². The summed E-state index contributed by atoms with van der Waals surface area (Å²) in [7, 11) is 1.47. The SMILES string of the molecule is COCC(=O)Cc1ccc(OCCN2CC(c3cccc(C(F)(F)F)c3)OC2=O)cc1. The molecule has 1 unspecified atom stereocenters. The number of carbonyl (C=O) groups excluding carboxylic acids is 2. The predicted molar refractivity (Wildman–Crippen MR) is 105 cm³/mol. The number of rotatable bonds is 9. The molecule has 1 aliphatic rings. The number of alkyl halides is 3. The molecule has 0 aromatic heterocycles. The second kappa shape index (κ2) is 9.82. The third kappa shape index (κ3) is 6.21. The summed E-state index contributed by atoms with van der Waals surface area (Å²) < 4.78 is 54.3. The van der Waals surface area contributed by atoms with E-state index in [4.69, 9.17) is 14.2 Å². The maximum atomic E-state index is 12.9. The van der Waals surface area contributed by atoms with Gasteiger partial charge in [0.2, 0.25) is 0 Å². The highest BCUT2D eigenvalue weighted by molar-refractivity contribution is 5.82. The summed E-state index contributed by atoms with van der Waals surface area (Å²) in [6.07, 6.45) is -5.56. The van der Waals surface area contributed by atoms with Crippen LogP contribution < -0.4 is 4.74 Å². The minimum atomic E-state index is -4.46. The van der Waals surface area contributed by atoms with Crippen molar-refractivity contribution in [1.82, 2.24) is 4.90 Å². The number of hydrogen-bond donors (Lipinski definition) is 0. The monoisotopic (exact) mass is 437 g/mol. The normalized spacial score (nSPS) is 16.3. The van der Waals surface area contributed by atoms with Gasteiger partial charge in [0.05, 0.1) is 18.7 Å². The summed E-state index contributed by atoms with van der Waals surface area (Å²) in [5, 5.41) is 0. The fourth-order valence-electron chi connectivity index (χ4n) is 3.20. The molecule has 1 fully saturated rings. The molecule has 1 atom stereocenters. The van der Waals surface area contributed by atoms with Crippen LogP contribution in [0.2, 0.25) is 0 Å². The highest BCUT2D eigenvalue weighted by Gasteiger charge is 2.35. The van der Waals surface area contributed by atoms with Gasteiger partial charge in [-0.1, -0.05) is 24.3 Å². The van der Waals surface area contributed by atoms with E-state index in [0.29, 0.717) is 11.3 Å². The van der Waals surface area contributed by atoms with Crippen molar-refractivity contribution in [2.45, 2.75) is 18.7 Å². The van der Waals surface area contributed by atoms with Crippen LogP contribution in [0.25, 0.3) is 0 Å². The molecule has 6 nitrogen and oxygen atoms in total. The number of nitrogens with zero attached hydrogens (tertiary/aromatic N) is 1. The molecule has 31 heavy (non-hydrogen) atoms. The summed E-state index contributed by atoms with van der Waals surface area (Å²) in [6.45, 7) is 0.616. The van der Waals surface area contributed by atoms with Gasteiger partial charge in [0.1, 0.15) is 25.1 Å². The molecule has 2 aromatic rings. The Bertz CT molecular complexity index is 914. The van der Waals surface area contributed by atoms with E-state index in [1.807, 2.05) is 0 Å². The van der Waals surface area contributed by atoms with Gasteiger partial charge in [0, 0.05) is 13.5 Å². The van der Waals surface area contributed by atoms with Crippen molar-refractivity contribution in [3.8, 4) is 5.75 Å². The number of hydrogen-bond acceptors (Lipinski definition) is 5. The summed E-state index contributed by atoms with van der Waals surface area (Å²) >= 11 is 0. The first kappa shape index (κ1) is 22.6. The average Bonchev–Trinajstić information content (AvgIpc) is 3.10. The molecule has 9 heteroatoms. The highest BCUT2D eigenvalue weighted by Crippen LogP contribution is 2.33. The molecular formula is C22H22F3NO5. The summed E-state index contributed by atoms with van der Waals surface area (Å²) in [5.74, 6) is 0.545. The van der Waals surface area contributed by atoms with E-state index in [9.17, 15) is 22.8 Å². The van der Waals surface area contributed by atoms with Crippen molar-refractivity contribution in [1.29, 1.82) is 0 Å². The van der Waals surface area contributed by atoms with Crippen LogP contribution in [0.5, 0.6) is 5.75 Å². The highest BCUT2D eigenvalue weighted by atomic mass is 19.4. The maximum Gasteiger partial charge on any atom is 0.416 e. The lowest BCUT2D eigenvalue weighted by molar-refractivity contribution is -0.137. The Hall–Kier alpha value is -3.07. The molecule has 0 bridgehead atoms. The molecule has 0 aliphatic carbocycles. The van der Waals surface area contributed by atoms with Crippen LogP contribution in [0.3, 0.4) is 0 Å². The first-order valence-corrected chi connectivity index (χ1v) is 9.61. The average molecular weight is 437 g/mol. The van der Waals surface area contributed by atoms with E-state index in [1.165, 1.54) is 24.1 Å². The van der Waals surface area contributed by atoms with E-state index >= 15 is 0 Å². The zero-order chi connectivity index (χ0) is 22.4. The Morgan fingerprint density at radius 1 is 1.19 bits per heavy atom. The van der Waals surface area contributed by atoms with Gasteiger partial charge in [-0.2, -0.15) is 13.2 Å². The quantitative estimate of drug-likeness (QED) is 0.593. The molecule has 1 saturated heterocycles. The molecule has 0 radical (unpaired) electrons. The van der Waals surface area contributed by atoms with Gasteiger partial charge in [0.15, 0.2) is 5.78 Å². The fraction of sp³-hybridized carbons (Fsp3) is 0.364. The first-order chi connectivity index (χ1) is 14.8. The van der Waals surface area contributed by atoms with Crippen molar-refractivity contribution in [3.05, 3.63) is 65.2 Å². The molecule has 166 valence electrons. The Labute approximate surface area is 177 Å². The van der Waals surface area contributed by atoms with Gasteiger partial charge in [0.25, 0.3) is 0 Å². The molecule has 1 aliphatic heterocycles. The Morgan fingerprint density at radius 2 is 1.94 bits per heavy atom. The van der Waals surface area contributed by atoms with Gasteiger partial charge in [-0.3, -0.25) is 4.79 Å². The lowest BCUT2D eigenvalue weighted by Crippen LogP contribution is -2.29. The number of Topliss-reactive ketones (excluding diaryl/α,β-unsaturated/α-hetero) is 1. The van der Waals surface area contributed by atoms with Crippen LogP contribution >= 0.6 is 0 Å². The predicted octanol–water partition coefficient (Wildman–Crippen LogP) is 4.04. The van der Waals surface area contributed by atoms with Crippen LogP contribution in [0.1, 0.15) is 22.8 Å². The van der Waals surface area contributed by atoms with Gasteiger partial charge < -0.3 is 19.1 Å². The number of cyclic esters (lactones) is 1.